The van der Waals surface area contributed by atoms with Gasteiger partial charge in [0, 0.05) is 185 Å². The molecule has 0 spiro atoms. The standard InChI is InChI=1S/C34H45N5O2.C31H36N4O4.C29H32N4O3/c1-5-6-17-36(3)23-26-15-18-38(19-16-26)33(40)14-13-27-11-12-29(20-25(27)2)34(41)39-24-30-22-35-37(4)32(30)21-28-9-7-8-10-31(28)39;1-21-17-25(30(37)35-20-26-19-32-33(2)28(26)18-24-5-3-4-6-27(24)35)8-7-22(21)9-10-29(36)34-13-11-23(12-14-34)31-38-15-16-39-31;1-20-15-24(8-7-22(20)9-10-28(35)32-13-11-21(19-34)12-14-32)29(36)33-18-25-17-30-31(2)27(25)16-23-5-3-4-6-26(23)33/h7-12,20,22,26H,5-6,13-19,21,23-24H2,1-4H3;3-8,17,19,23,31H,9-16,18,20H2,1-2H3;3-8,15,17,19,21H,9-14,16,18H2,1-2H3. The van der Waals surface area contributed by atoms with Crippen LogP contribution in [0.1, 0.15) is 192 Å². The summed E-state index contributed by atoms with van der Waals surface area (Å²) in [6.45, 7) is 18.0. The van der Waals surface area contributed by atoms with E-state index in [1.54, 1.807) is 0 Å². The fourth-order valence-electron chi connectivity index (χ4n) is 17.9. The van der Waals surface area contributed by atoms with Gasteiger partial charge in [-0.3, -0.25) is 42.8 Å². The van der Waals surface area contributed by atoms with Crippen LogP contribution in [0.15, 0.2) is 146 Å². The average Bonchev–Trinajstić information content (AvgIpc) is 1.63. The highest BCUT2D eigenvalue weighted by molar-refractivity contribution is 6.08. The van der Waals surface area contributed by atoms with Crippen molar-refractivity contribution in [1.29, 1.82) is 0 Å². The number of piperidine rings is 3. The van der Waals surface area contributed by atoms with Gasteiger partial charge in [-0.1, -0.05) is 86.1 Å². The number of aldehydes is 1. The van der Waals surface area contributed by atoms with Crippen molar-refractivity contribution >= 4 is 58.8 Å². The predicted molar refractivity (Wildman–Crippen MR) is 449 cm³/mol. The van der Waals surface area contributed by atoms with Crippen LogP contribution < -0.4 is 14.7 Å². The summed E-state index contributed by atoms with van der Waals surface area (Å²) >= 11 is 0. The lowest BCUT2D eigenvalue weighted by Crippen LogP contribution is -2.41. The van der Waals surface area contributed by atoms with Crippen LogP contribution in [0.5, 0.6) is 0 Å². The van der Waals surface area contributed by atoms with Gasteiger partial charge < -0.3 is 48.6 Å². The normalized spacial score (nSPS) is 16.5. The van der Waals surface area contributed by atoms with Crippen LogP contribution in [0, 0.1) is 38.5 Å². The van der Waals surface area contributed by atoms with Gasteiger partial charge in [0.2, 0.25) is 17.7 Å². The largest absolute Gasteiger partial charge is 0.350 e. The van der Waals surface area contributed by atoms with Crippen molar-refractivity contribution in [2.24, 2.45) is 38.9 Å². The lowest BCUT2D eigenvalue weighted by Gasteiger charge is -2.34. The Balaban J connectivity index is 0.000000144. The van der Waals surface area contributed by atoms with Gasteiger partial charge in [-0.2, -0.15) is 15.3 Å². The number of fused-ring (bicyclic) bond motifs is 6. The molecule has 116 heavy (non-hydrogen) atoms. The number of likely N-dealkylation sites (tertiary alicyclic amines) is 3. The monoisotopic (exact) mass is 1570 g/mol. The second-order valence-corrected chi connectivity index (χ2v) is 32.9. The third kappa shape index (κ3) is 19.0. The number of aryl methyl sites for hydroxylation is 9. The van der Waals surface area contributed by atoms with Crippen molar-refractivity contribution < 1.29 is 43.0 Å². The topological polar surface area (TPSA) is 214 Å². The van der Waals surface area contributed by atoms with Crippen LogP contribution in [-0.2, 0) is 108 Å². The van der Waals surface area contributed by atoms with E-state index in [1.165, 1.54) is 12.8 Å². The van der Waals surface area contributed by atoms with Crippen LogP contribution in [0.2, 0.25) is 0 Å². The molecule has 0 radical (unpaired) electrons. The second kappa shape index (κ2) is 37.5. The molecule has 608 valence electrons. The molecule has 16 rings (SSSR count). The molecule has 0 saturated carbocycles. The summed E-state index contributed by atoms with van der Waals surface area (Å²) in [4.78, 5) is 105. The van der Waals surface area contributed by atoms with Gasteiger partial charge in [-0.05, 0) is 209 Å². The lowest BCUT2D eigenvalue weighted by atomic mass is 9.95. The van der Waals surface area contributed by atoms with E-state index in [2.05, 4.69) is 57.3 Å². The van der Waals surface area contributed by atoms with E-state index in [0.717, 1.165) is 204 Å². The molecule has 0 N–H and O–H groups in total. The van der Waals surface area contributed by atoms with Gasteiger partial charge in [0.15, 0.2) is 6.29 Å². The fourth-order valence-corrected chi connectivity index (χ4v) is 17.9. The molecule has 0 unspecified atom stereocenters. The molecule has 9 aromatic rings. The van der Waals surface area contributed by atoms with Crippen molar-refractivity contribution in [3.05, 3.63) is 247 Å². The maximum Gasteiger partial charge on any atom is 0.258 e. The summed E-state index contributed by atoms with van der Waals surface area (Å²) in [5.41, 5.74) is 21.2. The molecule has 3 aromatic heterocycles. The number of hydrogen-bond acceptors (Lipinski definition) is 13. The van der Waals surface area contributed by atoms with Crippen LogP contribution in [-0.4, -0.2) is 170 Å². The number of aromatic nitrogens is 6. The number of para-hydroxylation sites is 3. The molecule has 4 saturated heterocycles. The Morgan fingerprint density at radius 1 is 0.457 bits per heavy atom. The smallest absolute Gasteiger partial charge is 0.258 e. The van der Waals surface area contributed by atoms with E-state index >= 15 is 0 Å². The van der Waals surface area contributed by atoms with Crippen LogP contribution in [0.4, 0.5) is 17.1 Å². The number of rotatable bonds is 19. The number of benzene rings is 6. The van der Waals surface area contributed by atoms with Crippen LogP contribution in [0.3, 0.4) is 0 Å². The molecular formula is C94H113N13O9. The van der Waals surface area contributed by atoms with Crippen molar-refractivity contribution in [3.8, 4) is 0 Å². The third-order valence-corrected chi connectivity index (χ3v) is 25.1. The van der Waals surface area contributed by atoms with Gasteiger partial charge >= 0.3 is 0 Å². The highest BCUT2D eigenvalue weighted by atomic mass is 16.7. The Labute approximate surface area is 682 Å². The SMILES string of the molecule is CCCCN(C)CC1CCN(C(=O)CCc2ccc(C(=O)N3Cc4cnn(C)c4Cc4ccccc43)cc2C)CC1.Cc1cc(C(=O)N2Cc3cnn(C)c3Cc3ccccc32)ccc1CCC(=O)N1CCC(C2OCCO2)CC1.Cc1cc(C(=O)N2Cc3cnn(C)c3Cc3ccccc32)ccc1CCC(=O)N1CCC(C=O)CC1. The van der Waals surface area contributed by atoms with Crippen molar-refractivity contribution in [2.45, 2.75) is 163 Å². The molecular weight excluding hydrogens is 1460 g/mol. The molecule has 6 amide bonds. The second-order valence-electron chi connectivity index (χ2n) is 32.9. The van der Waals surface area contributed by atoms with Crippen molar-refractivity contribution in [2.75, 3.05) is 87.3 Å². The molecule has 7 aliphatic rings. The van der Waals surface area contributed by atoms with E-state index in [0.29, 0.717) is 113 Å². The van der Waals surface area contributed by atoms with Gasteiger partial charge in [0.1, 0.15) is 6.29 Å². The first kappa shape index (κ1) is 81.9. The Bertz CT molecular complexity index is 5030. The highest BCUT2D eigenvalue weighted by Gasteiger charge is 2.35. The first-order valence-electron chi connectivity index (χ1n) is 41.9. The number of amides is 6. The number of unbranched alkanes of at least 4 members (excludes halogenated alkanes) is 1. The summed E-state index contributed by atoms with van der Waals surface area (Å²) in [5.74, 6) is 1.65. The molecule has 4 fully saturated rings. The van der Waals surface area contributed by atoms with E-state index in [4.69, 9.17) is 9.47 Å². The minimum absolute atomic E-state index is 0.0110. The summed E-state index contributed by atoms with van der Waals surface area (Å²) < 4.78 is 17.0. The lowest BCUT2D eigenvalue weighted by molar-refractivity contribution is -0.137. The van der Waals surface area contributed by atoms with Gasteiger partial charge in [0.05, 0.1) is 51.4 Å². The maximum absolute atomic E-state index is 13.8. The first-order valence-corrected chi connectivity index (χ1v) is 41.9. The molecule has 22 nitrogen and oxygen atoms in total. The van der Waals surface area contributed by atoms with Gasteiger partial charge in [-0.15, -0.1) is 0 Å². The van der Waals surface area contributed by atoms with Crippen LogP contribution >= 0.6 is 0 Å². The Morgan fingerprint density at radius 3 is 1.15 bits per heavy atom. The first-order chi connectivity index (χ1) is 56.2. The number of ether oxygens (including phenoxy) is 2. The number of hydrogen-bond donors (Lipinski definition) is 0. The Hall–Kier alpha value is -10.7. The summed E-state index contributed by atoms with van der Waals surface area (Å²) in [7, 11) is 8.08. The molecule has 0 bridgehead atoms. The molecule has 0 aliphatic carbocycles. The number of carbonyl (C=O) groups is 7. The molecule has 22 heteroatoms. The summed E-state index contributed by atoms with van der Waals surface area (Å²) in [6.07, 6.45) is 20.2. The fraction of sp³-hybridized carbons (Fsp3) is 0.447. The summed E-state index contributed by atoms with van der Waals surface area (Å²) in [6, 6.07) is 41.9. The molecule has 7 aliphatic heterocycles. The maximum atomic E-state index is 13.8. The summed E-state index contributed by atoms with van der Waals surface area (Å²) in [5, 5.41) is 13.3. The highest BCUT2D eigenvalue weighted by Crippen LogP contribution is 2.37. The number of anilines is 3. The average molecular weight is 1570 g/mol. The zero-order chi connectivity index (χ0) is 81.1. The zero-order valence-corrected chi connectivity index (χ0v) is 68.9. The van der Waals surface area contributed by atoms with E-state index in [1.807, 2.05) is 208 Å². The quantitative estimate of drug-likeness (QED) is 0.0690. The Kier molecular flexibility index (Phi) is 26.5. The van der Waals surface area contributed by atoms with E-state index in [-0.39, 0.29) is 47.7 Å². The van der Waals surface area contributed by atoms with Crippen molar-refractivity contribution in [1.82, 2.24) is 48.9 Å². The van der Waals surface area contributed by atoms with Gasteiger partial charge in [0.25, 0.3) is 17.7 Å². The van der Waals surface area contributed by atoms with Crippen LogP contribution in [0.25, 0.3) is 0 Å². The van der Waals surface area contributed by atoms with Gasteiger partial charge in [-0.25, -0.2) is 0 Å². The third-order valence-electron chi connectivity index (χ3n) is 25.1. The van der Waals surface area contributed by atoms with Crippen molar-refractivity contribution in [3.63, 3.8) is 0 Å². The van der Waals surface area contributed by atoms with E-state index in [9.17, 15) is 33.6 Å². The predicted octanol–water partition coefficient (Wildman–Crippen LogP) is 13.3. The minimum atomic E-state index is -0.0969. The minimum Gasteiger partial charge on any atom is -0.350 e. The molecule has 0 atom stereocenters. The zero-order valence-electron chi connectivity index (χ0n) is 68.9. The number of carbonyl (C=O) groups excluding carboxylic acids is 7. The molecule has 6 aromatic carbocycles. The molecule has 10 heterocycles. The Morgan fingerprint density at radius 2 is 0.802 bits per heavy atom. The van der Waals surface area contributed by atoms with E-state index < -0.39 is 0 Å². The number of nitrogens with zero attached hydrogens (tertiary/aromatic N) is 13.